The van der Waals surface area contributed by atoms with E-state index in [0.717, 1.165) is 22.4 Å². The number of carboxylic acids is 1. The van der Waals surface area contributed by atoms with Gasteiger partial charge in [-0.3, -0.25) is 4.79 Å². The number of hydrogen-bond donors (Lipinski definition) is 1. The van der Waals surface area contributed by atoms with Gasteiger partial charge in [0, 0.05) is 24.9 Å². The lowest BCUT2D eigenvalue weighted by molar-refractivity contribution is -0.151. The summed E-state index contributed by atoms with van der Waals surface area (Å²) in [6.45, 7) is 5.95. The maximum absolute atomic E-state index is 12.9. The number of fused-ring (bicyclic) bond motifs is 1. The lowest BCUT2D eigenvalue weighted by Crippen LogP contribution is -2.48. The number of aliphatic carboxylic acids is 1. The first-order valence-corrected chi connectivity index (χ1v) is 8.40. The predicted octanol–water partition coefficient (Wildman–Crippen LogP) is 2.82. The Hall–Kier alpha value is -2.63. The van der Waals surface area contributed by atoms with Crippen LogP contribution in [-0.2, 0) is 22.6 Å². The van der Waals surface area contributed by atoms with E-state index in [1.807, 2.05) is 45.0 Å². The molecule has 0 saturated carbocycles. The molecule has 1 aliphatic rings. The minimum Gasteiger partial charge on any atom is -0.480 e. The number of benzene rings is 1. The molecule has 25 heavy (non-hydrogen) atoms. The predicted molar refractivity (Wildman–Crippen MR) is 91.1 cm³/mol. The van der Waals surface area contributed by atoms with Crippen LogP contribution in [0.4, 0.5) is 0 Å². The van der Waals surface area contributed by atoms with Crippen molar-refractivity contribution in [1.82, 2.24) is 10.1 Å². The van der Waals surface area contributed by atoms with Crippen molar-refractivity contribution in [1.29, 1.82) is 0 Å². The van der Waals surface area contributed by atoms with E-state index in [0.29, 0.717) is 18.7 Å². The molecule has 0 saturated heterocycles. The fraction of sp³-hybridized carbons (Fsp3) is 0.421. The quantitative estimate of drug-likeness (QED) is 0.924. The summed E-state index contributed by atoms with van der Waals surface area (Å²) in [5, 5.41) is 13.5. The molecule has 1 N–H and O–H groups in total. The number of carbonyl (C=O) groups is 2. The summed E-state index contributed by atoms with van der Waals surface area (Å²) >= 11 is 0. The summed E-state index contributed by atoms with van der Waals surface area (Å²) in [6, 6.07) is 6.87. The van der Waals surface area contributed by atoms with Crippen LogP contribution in [0.1, 0.15) is 47.4 Å². The molecule has 2 heterocycles. The van der Waals surface area contributed by atoms with Crippen LogP contribution < -0.4 is 0 Å². The second-order valence-electron chi connectivity index (χ2n) is 6.69. The Balaban J connectivity index is 1.81. The monoisotopic (exact) mass is 342 g/mol. The molecule has 0 bridgehead atoms. The maximum atomic E-state index is 12.9. The lowest BCUT2D eigenvalue weighted by Gasteiger charge is -2.35. The largest absolute Gasteiger partial charge is 0.480 e. The molecule has 1 amide bonds. The Morgan fingerprint density at radius 2 is 2.00 bits per heavy atom. The van der Waals surface area contributed by atoms with Gasteiger partial charge >= 0.3 is 5.97 Å². The van der Waals surface area contributed by atoms with E-state index in [1.165, 1.54) is 4.90 Å². The zero-order valence-electron chi connectivity index (χ0n) is 14.7. The van der Waals surface area contributed by atoms with Gasteiger partial charge in [-0.2, -0.15) is 0 Å². The van der Waals surface area contributed by atoms with Crippen molar-refractivity contribution in [2.45, 2.75) is 52.1 Å². The number of aromatic nitrogens is 1. The Morgan fingerprint density at radius 1 is 1.32 bits per heavy atom. The van der Waals surface area contributed by atoms with Crippen LogP contribution in [0, 0.1) is 13.8 Å². The highest BCUT2D eigenvalue weighted by Gasteiger charge is 2.35. The molecule has 132 valence electrons. The number of amides is 1. The van der Waals surface area contributed by atoms with Gasteiger partial charge < -0.3 is 14.5 Å². The second-order valence-corrected chi connectivity index (χ2v) is 6.69. The molecule has 1 aliphatic heterocycles. The van der Waals surface area contributed by atoms with E-state index >= 15 is 0 Å². The molecule has 0 aliphatic carbocycles. The molecule has 2 atom stereocenters. The standard InChI is InChI=1S/C19H22N2O4/c1-11(18-12(2)20-25-13(18)3)8-17(22)21-10-15-7-5-4-6-14(15)9-16(21)19(23)24/h4-7,11,16H,8-10H2,1-3H3,(H,23,24)/t11-,16+/m1/s1. The number of aryl methyl sites for hydroxylation is 2. The number of nitrogens with zero attached hydrogens (tertiary/aromatic N) is 2. The normalized spacial score (nSPS) is 17.9. The highest BCUT2D eigenvalue weighted by atomic mass is 16.5. The third-order valence-corrected chi connectivity index (χ3v) is 4.92. The van der Waals surface area contributed by atoms with Crippen LogP contribution in [0.5, 0.6) is 0 Å². The first-order valence-electron chi connectivity index (χ1n) is 8.40. The topological polar surface area (TPSA) is 83.6 Å². The molecule has 1 aromatic carbocycles. The molecular weight excluding hydrogens is 320 g/mol. The van der Waals surface area contributed by atoms with Gasteiger partial charge in [-0.05, 0) is 30.9 Å². The molecular formula is C19H22N2O4. The Morgan fingerprint density at radius 3 is 2.60 bits per heavy atom. The molecule has 0 radical (unpaired) electrons. The highest BCUT2D eigenvalue weighted by molar-refractivity contribution is 5.85. The van der Waals surface area contributed by atoms with Gasteiger partial charge in [0.2, 0.25) is 5.91 Å². The van der Waals surface area contributed by atoms with Gasteiger partial charge in [-0.15, -0.1) is 0 Å². The second kappa shape index (κ2) is 6.70. The van der Waals surface area contributed by atoms with Crippen LogP contribution >= 0.6 is 0 Å². The molecule has 0 spiro atoms. The first-order chi connectivity index (χ1) is 11.9. The molecule has 6 nitrogen and oxygen atoms in total. The number of carboxylic acid groups (broad SMARTS) is 1. The summed E-state index contributed by atoms with van der Waals surface area (Å²) in [6.07, 6.45) is 0.575. The zero-order chi connectivity index (χ0) is 18.1. The third kappa shape index (κ3) is 3.29. The van der Waals surface area contributed by atoms with Crippen LogP contribution in [0.15, 0.2) is 28.8 Å². The summed E-state index contributed by atoms with van der Waals surface area (Å²) in [5.74, 6) is -0.496. The summed E-state index contributed by atoms with van der Waals surface area (Å²) in [4.78, 5) is 26.0. The average molecular weight is 342 g/mol. The van der Waals surface area contributed by atoms with Gasteiger partial charge in [-0.25, -0.2) is 4.79 Å². The van der Waals surface area contributed by atoms with Crippen molar-refractivity contribution < 1.29 is 19.2 Å². The van der Waals surface area contributed by atoms with Crippen molar-refractivity contribution in [3.8, 4) is 0 Å². The minimum atomic E-state index is -0.965. The van der Waals surface area contributed by atoms with Crippen LogP contribution in [0.2, 0.25) is 0 Å². The van der Waals surface area contributed by atoms with E-state index in [-0.39, 0.29) is 18.2 Å². The Bertz CT molecular complexity index is 792. The SMILES string of the molecule is Cc1noc(C)c1[C@H](C)CC(=O)N1Cc2ccccc2C[C@H]1C(=O)O. The van der Waals surface area contributed by atoms with Crippen LogP contribution in [0.3, 0.4) is 0 Å². The van der Waals surface area contributed by atoms with E-state index in [9.17, 15) is 14.7 Å². The van der Waals surface area contributed by atoms with E-state index < -0.39 is 12.0 Å². The lowest BCUT2D eigenvalue weighted by atomic mass is 9.91. The zero-order valence-corrected chi connectivity index (χ0v) is 14.7. The molecule has 6 heteroatoms. The fourth-order valence-corrected chi connectivity index (χ4v) is 3.68. The van der Waals surface area contributed by atoms with Crippen molar-refractivity contribution >= 4 is 11.9 Å². The average Bonchev–Trinajstić information content (AvgIpc) is 2.92. The van der Waals surface area contributed by atoms with E-state index in [4.69, 9.17) is 4.52 Å². The summed E-state index contributed by atoms with van der Waals surface area (Å²) < 4.78 is 5.18. The van der Waals surface area contributed by atoms with E-state index in [1.54, 1.807) is 0 Å². The minimum absolute atomic E-state index is 0.0784. The molecule has 3 rings (SSSR count). The molecule has 2 aromatic rings. The van der Waals surface area contributed by atoms with Crippen molar-refractivity contribution in [2.75, 3.05) is 0 Å². The summed E-state index contributed by atoms with van der Waals surface area (Å²) in [7, 11) is 0. The highest BCUT2D eigenvalue weighted by Crippen LogP contribution is 2.29. The maximum Gasteiger partial charge on any atom is 0.326 e. The molecule has 1 aromatic heterocycles. The Labute approximate surface area is 146 Å². The van der Waals surface area contributed by atoms with Crippen LogP contribution in [0.25, 0.3) is 0 Å². The van der Waals surface area contributed by atoms with Gasteiger partial charge in [-0.1, -0.05) is 36.3 Å². The van der Waals surface area contributed by atoms with Crippen LogP contribution in [-0.4, -0.2) is 33.1 Å². The first kappa shape index (κ1) is 17.2. The molecule has 0 fully saturated rings. The van der Waals surface area contributed by atoms with Gasteiger partial charge in [0.25, 0.3) is 0 Å². The van der Waals surface area contributed by atoms with Crippen molar-refractivity contribution in [3.05, 3.63) is 52.4 Å². The molecule has 0 unspecified atom stereocenters. The van der Waals surface area contributed by atoms with Crippen molar-refractivity contribution in [2.24, 2.45) is 0 Å². The summed E-state index contributed by atoms with van der Waals surface area (Å²) in [5.41, 5.74) is 3.71. The van der Waals surface area contributed by atoms with E-state index in [2.05, 4.69) is 5.16 Å². The van der Waals surface area contributed by atoms with Crippen molar-refractivity contribution in [3.63, 3.8) is 0 Å². The van der Waals surface area contributed by atoms with Gasteiger partial charge in [0.05, 0.1) is 5.69 Å². The number of hydrogen-bond acceptors (Lipinski definition) is 4. The van der Waals surface area contributed by atoms with Gasteiger partial charge in [0.15, 0.2) is 0 Å². The number of rotatable bonds is 4. The smallest absolute Gasteiger partial charge is 0.326 e. The third-order valence-electron chi connectivity index (χ3n) is 4.92. The van der Waals surface area contributed by atoms with Gasteiger partial charge in [0.1, 0.15) is 11.8 Å². The number of carbonyl (C=O) groups excluding carboxylic acids is 1. The Kier molecular flexibility index (Phi) is 4.61. The fourth-order valence-electron chi connectivity index (χ4n) is 3.68.